The Kier molecular flexibility index (Phi) is 5.79. The zero-order chi connectivity index (χ0) is 10.5. The third-order valence-electron chi connectivity index (χ3n) is 2.31. The summed E-state index contributed by atoms with van der Waals surface area (Å²) in [4.78, 5) is 0. The third kappa shape index (κ3) is 3.38. The molecule has 0 saturated carbocycles. The van der Waals surface area contributed by atoms with E-state index in [1.54, 1.807) is 14.2 Å². The standard InChI is InChI=1S/C9H23NO2Si/c1-7-13(11-5,12-6)10(4)8-9(2)3/h9H,7-8H2,1-6H3. The molecule has 0 aromatic carbocycles. The maximum absolute atomic E-state index is 5.54. The molecule has 0 radical (unpaired) electrons. The summed E-state index contributed by atoms with van der Waals surface area (Å²) in [7, 11) is 3.53. The Bertz CT molecular complexity index is 129. The van der Waals surface area contributed by atoms with Gasteiger partial charge < -0.3 is 8.85 Å². The predicted molar refractivity (Wildman–Crippen MR) is 57.7 cm³/mol. The first kappa shape index (κ1) is 13.1. The molecular formula is C9H23NO2Si. The highest BCUT2D eigenvalue weighted by Gasteiger charge is 2.39. The van der Waals surface area contributed by atoms with Crippen molar-refractivity contribution >= 4 is 8.72 Å². The molecule has 0 amide bonds. The zero-order valence-corrected chi connectivity index (χ0v) is 10.8. The average molecular weight is 205 g/mol. The fourth-order valence-corrected chi connectivity index (χ4v) is 4.19. The van der Waals surface area contributed by atoms with Crippen molar-refractivity contribution in [3.05, 3.63) is 0 Å². The molecule has 0 spiro atoms. The smallest absolute Gasteiger partial charge is 0.386 e. The molecule has 0 aromatic rings. The summed E-state index contributed by atoms with van der Waals surface area (Å²) in [5.41, 5.74) is 0. The van der Waals surface area contributed by atoms with Crippen molar-refractivity contribution in [3.63, 3.8) is 0 Å². The number of hydrogen-bond donors (Lipinski definition) is 0. The van der Waals surface area contributed by atoms with Gasteiger partial charge in [0.25, 0.3) is 0 Å². The van der Waals surface area contributed by atoms with Crippen molar-refractivity contribution in [1.82, 2.24) is 4.57 Å². The van der Waals surface area contributed by atoms with E-state index < -0.39 is 8.72 Å². The highest BCUT2D eigenvalue weighted by molar-refractivity contribution is 6.64. The second kappa shape index (κ2) is 5.75. The molecule has 4 heteroatoms. The lowest BCUT2D eigenvalue weighted by molar-refractivity contribution is 0.169. The Morgan fingerprint density at radius 2 is 1.69 bits per heavy atom. The van der Waals surface area contributed by atoms with Gasteiger partial charge in [-0.2, -0.15) is 0 Å². The van der Waals surface area contributed by atoms with Gasteiger partial charge in [0.05, 0.1) is 0 Å². The molecule has 0 aliphatic heterocycles. The molecule has 0 unspecified atom stereocenters. The zero-order valence-electron chi connectivity index (χ0n) is 9.76. The Morgan fingerprint density at radius 3 is 1.92 bits per heavy atom. The lowest BCUT2D eigenvalue weighted by Crippen LogP contribution is -2.56. The minimum Gasteiger partial charge on any atom is -0.386 e. The average Bonchev–Trinajstić information content (AvgIpc) is 2.07. The molecule has 0 atom stereocenters. The second-order valence-corrected chi connectivity index (χ2v) is 7.46. The molecule has 80 valence electrons. The van der Waals surface area contributed by atoms with E-state index in [1.165, 1.54) is 0 Å². The Labute approximate surface area is 83.4 Å². The lowest BCUT2D eigenvalue weighted by atomic mass is 10.2. The van der Waals surface area contributed by atoms with Crippen LogP contribution in [-0.2, 0) is 8.85 Å². The largest absolute Gasteiger partial charge is 0.426 e. The first-order chi connectivity index (χ1) is 6.02. The van der Waals surface area contributed by atoms with E-state index in [4.69, 9.17) is 8.85 Å². The summed E-state index contributed by atoms with van der Waals surface area (Å²) < 4.78 is 13.3. The van der Waals surface area contributed by atoms with Gasteiger partial charge in [0.2, 0.25) is 0 Å². The molecule has 0 fully saturated rings. The number of nitrogens with zero attached hydrogens (tertiary/aromatic N) is 1. The van der Waals surface area contributed by atoms with Crippen LogP contribution in [0.15, 0.2) is 0 Å². The summed E-state index contributed by atoms with van der Waals surface area (Å²) >= 11 is 0. The van der Waals surface area contributed by atoms with Crippen molar-refractivity contribution in [3.8, 4) is 0 Å². The van der Waals surface area contributed by atoms with Gasteiger partial charge in [0.15, 0.2) is 0 Å². The van der Waals surface area contributed by atoms with Crippen LogP contribution in [0.25, 0.3) is 0 Å². The first-order valence-corrected chi connectivity index (χ1v) is 6.81. The van der Waals surface area contributed by atoms with Gasteiger partial charge in [0, 0.05) is 20.3 Å². The van der Waals surface area contributed by atoms with E-state index in [0.717, 1.165) is 12.6 Å². The van der Waals surface area contributed by atoms with Crippen LogP contribution in [0.1, 0.15) is 20.8 Å². The number of rotatable bonds is 6. The van der Waals surface area contributed by atoms with Crippen LogP contribution in [0.2, 0.25) is 6.04 Å². The van der Waals surface area contributed by atoms with Crippen LogP contribution in [0.5, 0.6) is 0 Å². The van der Waals surface area contributed by atoms with Crippen molar-refractivity contribution in [2.24, 2.45) is 5.92 Å². The van der Waals surface area contributed by atoms with Gasteiger partial charge in [-0.25, -0.2) is 0 Å². The van der Waals surface area contributed by atoms with Gasteiger partial charge >= 0.3 is 8.72 Å². The minimum absolute atomic E-state index is 0.647. The molecule has 3 nitrogen and oxygen atoms in total. The van der Waals surface area contributed by atoms with Crippen molar-refractivity contribution in [2.45, 2.75) is 26.8 Å². The molecule has 0 saturated heterocycles. The normalized spacial score (nSPS) is 12.9. The molecular weight excluding hydrogens is 182 g/mol. The lowest BCUT2D eigenvalue weighted by Gasteiger charge is -2.35. The van der Waals surface area contributed by atoms with Crippen molar-refractivity contribution in [1.29, 1.82) is 0 Å². The van der Waals surface area contributed by atoms with E-state index in [9.17, 15) is 0 Å². The first-order valence-electron chi connectivity index (χ1n) is 4.84. The Morgan fingerprint density at radius 1 is 1.23 bits per heavy atom. The SMILES string of the molecule is CC[Si](OC)(OC)N(C)CC(C)C. The van der Waals surface area contributed by atoms with Crippen LogP contribution in [0.4, 0.5) is 0 Å². The van der Waals surface area contributed by atoms with Crippen LogP contribution < -0.4 is 0 Å². The van der Waals surface area contributed by atoms with E-state index >= 15 is 0 Å². The van der Waals surface area contributed by atoms with Gasteiger partial charge in [-0.1, -0.05) is 20.8 Å². The molecule has 0 heterocycles. The second-order valence-electron chi connectivity index (χ2n) is 3.75. The summed E-state index contributed by atoms with van der Waals surface area (Å²) in [6, 6.07) is 0.962. The van der Waals surface area contributed by atoms with Gasteiger partial charge in [0.1, 0.15) is 0 Å². The Balaban J connectivity index is 4.34. The Hall–Kier alpha value is 0.0969. The van der Waals surface area contributed by atoms with E-state index in [-0.39, 0.29) is 0 Å². The third-order valence-corrected chi connectivity index (χ3v) is 5.82. The predicted octanol–water partition coefficient (Wildman–Crippen LogP) is 1.83. The maximum atomic E-state index is 5.54. The van der Waals surface area contributed by atoms with Crippen LogP contribution in [0, 0.1) is 5.92 Å². The van der Waals surface area contributed by atoms with Crippen LogP contribution >= 0.6 is 0 Å². The monoisotopic (exact) mass is 205 g/mol. The topological polar surface area (TPSA) is 21.7 Å². The molecule has 0 aliphatic carbocycles. The van der Waals surface area contributed by atoms with E-state index in [0.29, 0.717) is 5.92 Å². The van der Waals surface area contributed by atoms with Gasteiger partial charge in [-0.15, -0.1) is 0 Å². The van der Waals surface area contributed by atoms with Gasteiger partial charge in [-0.05, 0) is 19.5 Å². The van der Waals surface area contributed by atoms with E-state index in [2.05, 4.69) is 32.4 Å². The summed E-state index contributed by atoms with van der Waals surface area (Å²) in [5, 5.41) is 0. The highest BCUT2D eigenvalue weighted by atomic mass is 28.4. The molecule has 13 heavy (non-hydrogen) atoms. The minimum atomic E-state index is -2.05. The fraction of sp³-hybridized carbons (Fsp3) is 1.00. The maximum Gasteiger partial charge on any atom is 0.426 e. The quantitative estimate of drug-likeness (QED) is 0.618. The van der Waals surface area contributed by atoms with Crippen molar-refractivity contribution in [2.75, 3.05) is 27.8 Å². The molecule has 0 N–H and O–H groups in total. The summed E-state index contributed by atoms with van der Waals surface area (Å²) in [6.07, 6.45) is 0. The number of hydrogen-bond acceptors (Lipinski definition) is 3. The highest BCUT2D eigenvalue weighted by Crippen LogP contribution is 2.16. The van der Waals surface area contributed by atoms with Crippen LogP contribution in [-0.4, -0.2) is 41.1 Å². The fourth-order valence-electron chi connectivity index (χ4n) is 1.64. The van der Waals surface area contributed by atoms with Gasteiger partial charge in [-0.3, -0.25) is 4.57 Å². The molecule has 0 rings (SSSR count). The van der Waals surface area contributed by atoms with Crippen LogP contribution in [0.3, 0.4) is 0 Å². The molecule has 0 aromatic heterocycles. The summed E-state index contributed by atoms with van der Waals surface area (Å²) in [6.45, 7) is 7.56. The van der Waals surface area contributed by atoms with Crippen molar-refractivity contribution < 1.29 is 8.85 Å². The summed E-state index contributed by atoms with van der Waals surface area (Å²) in [5.74, 6) is 0.647. The molecule has 0 bridgehead atoms. The van der Waals surface area contributed by atoms with E-state index in [1.807, 2.05) is 0 Å². The molecule has 0 aliphatic rings.